The number of aliphatic hydroxyl groups excluding tert-OH is 1. The van der Waals surface area contributed by atoms with Gasteiger partial charge in [0.1, 0.15) is 0 Å². The van der Waals surface area contributed by atoms with E-state index in [2.05, 4.69) is 54.6 Å². The van der Waals surface area contributed by atoms with Crippen molar-refractivity contribution in [1.29, 1.82) is 0 Å². The molecular weight excluding hydrogens is 272 g/mol. The third-order valence-electron chi connectivity index (χ3n) is 4.13. The molecule has 1 aliphatic carbocycles. The van der Waals surface area contributed by atoms with Crippen molar-refractivity contribution in [2.24, 2.45) is 0 Å². The molecule has 3 rings (SSSR count). The zero-order valence-electron chi connectivity index (χ0n) is 12.8. The second kappa shape index (κ2) is 7.39. The molecule has 114 valence electrons. The van der Waals surface area contributed by atoms with Crippen LogP contribution < -0.4 is 0 Å². The standard InChI is InChI=1S/C20H22O2/c21-13-5-14-22-15-12-20-18-8-3-1-6-16(18)10-11-17-7-2-4-9-19(17)20/h1-4,6-9,12,21H,5,10-11,13-15H2. The van der Waals surface area contributed by atoms with Crippen LogP contribution in [0.3, 0.4) is 0 Å². The van der Waals surface area contributed by atoms with Gasteiger partial charge in [-0.25, -0.2) is 0 Å². The van der Waals surface area contributed by atoms with E-state index in [1.807, 2.05) is 0 Å². The molecule has 0 heterocycles. The summed E-state index contributed by atoms with van der Waals surface area (Å²) in [6.45, 7) is 1.36. The maximum Gasteiger partial charge on any atom is 0.0656 e. The van der Waals surface area contributed by atoms with Gasteiger partial charge >= 0.3 is 0 Å². The molecule has 1 N–H and O–H groups in total. The number of benzene rings is 2. The summed E-state index contributed by atoms with van der Waals surface area (Å²) >= 11 is 0. The molecule has 2 aromatic carbocycles. The zero-order chi connectivity index (χ0) is 15.2. The minimum absolute atomic E-state index is 0.183. The van der Waals surface area contributed by atoms with Crippen LogP contribution in [0.15, 0.2) is 54.6 Å². The van der Waals surface area contributed by atoms with Crippen molar-refractivity contribution in [2.75, 3.05) is 19.8 Å². The molecule has 0 unspecified atom stereocenters. The van der Waals surface area contributed by atoms with E-state index in [1.165, 1.54) is 27.8 Å². The highest BCUT2D eigenvalue weighted by molar-refractivity contribution is 5.83. The van der Waals surface area contributed by atoms with Gasteiger partial charge in [-0.2, -0.15) is 0 Å². The molecule has 0 fully saturated rings. The van der Waals surface area contributed by atoms with Gasteiger partial charge in [0.25, 0.3) is 0 Å². The Labute approximate surface area is 132 Å². The van der Waals surface area contributed by atoms with Crippen LogP contribution in [-0.4, -0.2) is 24.9 Å². The lowest BCUT2D eigenvalue weighted by Gasteiger charge is -2.12. The molecule has 0 aromatic heterocycles. The molecule has 2 heteroatoms. The third-order valence-corrected chi connectivity index (χ3v) is 4.13. The molecular formula is C20H22O2. The van der Waals surface area contributed by atoms with Crippen LogP contribution >= 0.6 is 0 Å². The largest absolute Gasteiger partial charge is 0.396 e. The van der Waals surface area contributed by atoms with Crippen molar-refractivity contribution in [3.63, 3.8) is 0 Å². The van der Waals surface area contributed by atoms with Crippen molar-refractivity contribution in [1.82, 2.24) is 0 Å². The smallest absolute Gasteiger partial charge is 0.0656 e. The van der Waals surface area contributed by atoms with E-state index < -0.39 is 0 Å². The summed E-state index contributed by atoms with van der Waals surface area (Å²) in [7, 11) is 0. The maximum absolute atomic E-state index is 8.82. The molecule has 0 aliphatic heterocycles. The monoisotopic (exact) mass is 294 g/mol. The average molecular weight is 294 g/mol. The number of rotatable bonds is 5. The summed E-state index contributed by atoms with van der Waals surface area (Å²) in [4.78, 5) is 0. The zero-order valence-corrected chi connectivity index (χ0v) is 12.8. The highest BCUT2D eigenvalue weighted by Gasteiger charge is 2.16. The second-order valence-corrected chi connectivity index (χ2v) is 5.58. The van der Waals surface area contributed by atoms with E-state index in [0.29, 0.717) is 19.6 Å². The summed E-state index contributed by atoms with van der Waals surface area (Å²) in [5, 5.41) is 8.82. The van der Waals surface area contributed by atoms with Gasteiger partial charge in [0.2, 0.25) is 0 Å². The van der Waals surface area contributed by atoms with Gasteiger partial charge in [-0.05, 0) is 47.1 Å². The van der Waals surface area contributed by atoms with E-state index in [9.17, 15) is 0 Å². The minimum atomic E-state index is 0.183. The van der Waals surface area contributed by atoms with Gasteiger partial charge in [0, 0.05) is 13.2 Å². The first kappa shape index (κ1) is 15.0. The lowest BCUT2D eigenvalue weighted by Crippen LogP contribution is -1.99. The van der Waals surface area contributed by atoms with E-state index in [0.717, 1.165) is 12.8 Å². The number of ether oxygens (including phenoxy) is 1. The number of fused-ring (bicyclic) bond motifs is 2. The van der Waals surface area contributed by atoms with Gasteiger partial charge in [-0.1, -0.05) is 54.6 Å². The lowest BCUT2D eigenvalue weighted by molar-refractivity contribution is 0.139. The molecule has 22 heavy (non-hydrogen) atoms. The van der Waals surface area contributed by atoms with Crippen LogP contribution in [0, 0.1) is 0 Å². The van der Waals surface area contributed by atoms with E-state index in [1.54, 1.807) is 0 Å². The normalized spacial score (nSPS) is 13.2. The molecule has 0 saturated carbocycles. The second-order valence-electron chi connectivity index (χ2n) is 5.58. The molecule has 0 saturated heterocycles. The highest BCUT2D eigenvalue weighted by atomic mass is 16.5. The number of aryl methyl sites for hydroxylation is 2. The first-order valence-corrected chi connectivity index (χ1v) is 7.95. The number of hydrogen-bond acceptors (Lipinski definition) is 2. The molecule has 0 atom stereocenters. The fourth-order valence-electron chi connectivity index (χ4n) is 3.03. The summed E-state index contributed by atoms with van der Waals surface area (Å²) < 4.78 is 5.61. The quantitative estimate of drug-likeness (QED) is 0.854. The third kappa shape index (κ3) is 3.29. The van der Waals surface area contributed by atoms with E-state index in [4.69, 9.17) is 9.84 Å². The SMILES string of the molecule is OCCCOCC=C1c2ccccc2CCc2ccccc21. The first-order chi connectivity index (χ1) is 10.9. The Morgan fingerprint density at radius 2 is 1.50 bits per heavy atom. The fraction of sp³-hybridized carbons (Fsp3) is 0.300. The predicted octanol–water partition coefficient (Wildman–Crippen LogP) is 3.62. The Hall–Kier alpha value is -1.90. The van der Waals surface area contributed by atoms with Crippen LogP contribution in [0.1, 0.15) is 28.7 Å². The van der Waals surface area contributed by atoms with Gasteiger partial charge in [0.05, 0.1) is 6.61 Å². The van der Waals surface area contributed by atoms with E-state index in [-0.39, 0.29) is 6.61 Å². The summed E-state index contributed by atoms with van der Waals surface area (Å²) in [5.74, 6) is 0. The number of hydrogen-bond donors (Lipinski definition) is 1. The molecule has 0 radical (unpaired) electrons. The Morgan fingerprint density at radius 3 is 2.09 bits per heavy atom. The van der Waals surface area contributed by atoms with Crippen LogP contribution in [0.5, 0.6) is 0 Å². The Bertz CT molecular complexity index is 609. The Kier molecular flexibility index (Phi) is 5.04. The molecule has 0 amide bonds. The highest BCUT2D eigenvalue weighted by Crippen LogP contribution is 2.33. The van der Waals surface area contributed by atoms with Crippen LogP contribution in [0.4, 0.5) is 0 Å². The van der Waals surface area contributed by atoms with Gasteiger partial charge in [0.15, 0.2) is 0 Å². The van der Waals surface area contributed by atoms with Gasteiger partial charge < -0.3 is 9.84 Å². The van der Waals surface area contributed by atoms with Crippen molar-refractivity contribution in [3.05, 3.63) is 76.9 Å². The topological polar surface area (TPSA) is 29.5 Å². The predicted molar refractivity (Wildman–Crippen MR) is 89.9 cm³/mol. The number of aliphatic hydroxyl groups is 1. The molecule has 1 aliphatic rings. The van der Waals surface area contributed by atoms with Crippen LogP contribution in [0.25, 0.3) is 5.57 Å². The lowest BCUT2D eigenvalue weighted by atomic mass is 9.94. The first-order valence-electron chi connectivity index (χ1n) is 7.95. The fourth-order valence-corrected chi connectivity index (χ4v) is 3.03. The van der Waals surface area contributed by atoms with Crippen molar-refractivity contribution >= 4 is 5.57 Å². The van der Waals surface area contributed by atoms with Crippen LogP contribution in [0.2, 0.25) is 0 Å². The molecule has 0 spiro atoms. The Morgan fingerprint density at radius 1 is 0.909 bits per heavy atom. The minimum Gasteiger partial charge on any atom is -0.396 e. The molecule has 2 aromatic rings. The average Bonchev–Trinajstić information content (AvgIpc) is 2.72. The van der Waals surface area contributed by atoms with Crippen molar-refractivity contribution in [3.8, 4) is 0 Å². The van der Waals surface area contributed by atoms with Gasteiger partial charge in [-0.15, -0.1) is 0 Å². The maximum atomic E-state index is 8.82. The molecule has 0 bridgehead atoms. The summed E-state index contributed by atoms with van der Waals surface area (Å²) in [6, 6.07) is 17.3. The van der Waals surface area contributed by atoms with Crippen molar-refractivity contribution < 1.29 is 9.84 Å². The van der Waals surface area contributed by atoms with Gasteiger partial charge in [-0.3, -0.25) is 0 Å². The van der Waals surface area contributed by atoms with Crippen molar-refractivity contribution in [2.45, 2.75) is 19.3 Å². The summed E-state index contributed by atoms with van der Waals surface area (Å²) in [5.41, 5.74) is 6.71. The van der Waals surface area contributed by atoms with Crippen LogP contribution in [-0.2, 0) is 17.6 Å². The molecule has 2 nitrogen and oxygen atoms in total. The van der Waals surface area contributed by atoms with E-state index >= 15 is 0 Å². The Balaban J connectivity index is 1.93. The summed E-state index contributed by atoms with van der Waals surface area (Å²) in [6.07, 6.45) is 5.03.